The average molecular weight is 421 g/mol. The Hall–Kier alpha value is -1.49. The lowest BCUT2D eigenvalue weighted by Crippen LogP contribution is -2.19. The molecule has 24 heavy (non-hydrogen) atoms. The van der Waals surface area contributed by atoms with Crippen LogP contribution in [-0.4, -0.2) is 12.0 Å². The number of fused-ring (bicyclic) bond motifs is 3. The zero-order valence-corrected chi connectivity index (χ0v) is 16.2. The summed E-state index contributed by atoms with van der Waals surface area (Å²) in [5.41, 5.74) is 2.61. The molecule has 0 amide bonds. The SMILES string of the molecule is COc1ccc(CN2C=C(Br)c3sc4ccc(Cl)cc4c3C2)cc1. The van der Waals surface area contributed by atoms with Crippen molar-refractivity contribution >= 4 is 53.4 Å². The summed E-state index contributed by atoms with van der Waals surface area (Å²) in [5.74, 6) is 0.884. The van der Waals surface area contributed by atoms with Crippen LogP contribution >= 0.6 is 38.9 Å². The molecule has 0 spiro atoms. The first kappa shape index (κ1) is 16.0. The van der Waals surface area contributed by atoms with Gasteiger partial charge in [-0.15, -0.1) is 11.3 Å². The van der Waals surface area contributed by atoms with Crippen molar-refractivity contribution in [2.24, 2.45) is 0 Å². The fraction of sp³-hybridized carbons (Fsp3) is 0.158. The van der Waals surface area contributed by atoms with Gasteiger partial charge in [0.15, 0.2) is 0 Å². The number of methoxy groups -OCH3 is 1. The number of halogens is 2. The highest BCUT2D eigenvalue weighted by Gasteiger charge is 2.21. The number of ether oxygens (including phenoxy) is 1. The molecular weight excluding hydrogens is 406 g/mol. The number of nitrogens with zero attached hydrogens (tertiary/aromatic N) is 1. The molecule has 0 N–H and O–H groups in total. The molecule has 0 fully saturated rings. The molecule has 0 saturated heterocycles. The van der Waals surface area contributed by atoms with E-state index in [0.717, 1.165) is 28.3 Å². The van der Waals surface area contributed by atoms with Gasteiger partial charge in [-0.05, 0) is 62.8 Å². The lowest BCUT2D eigenvalue weighted by atomic mass is 10.1. The van der Waals surface area contributed by atoms with E-state index in [9.17, 15) is 0 Å². The van der Waals surface area contributed by atoms with Crippen LogP contribution in [0.15, 0.2) is 48.7 Å². The molecule has 0 bridgehead atoms. The predicted octanol–water partition coefficient (Wildman–Crippen LogP) is 6.27. The van der Waals surface area contributed by atoms with Crippen molar-refractivity contribution in [3.8, 4) is 5.75 Å². The third kappa shape index (κ3) is 2.94. The van der Waals surface area contributed by atoms with E-state index in [-0.39, 0.29) is 0 Å². The normalized spacial score (nSPS) is 13.8. The zero-order valence-electron chi connectivity index (χ0n) is 13.1. The molecular formula is C19H15BrClNOS. The van der Waals surface area contributed by atoms with Gasteiger partial charge in [-0.3, -0.25) is 0 Å². The summed E-state index contributed by atoms with van der Waals surface area (Å²) in [6, 6.07) is 14.4. The van der Waals surface area contributed by atoms with E-state index in [1.54, 1.807) is 7.11 Å². The average Bonchev–Trinajstić information content (AvgIpc) is 2.94. The first-order chi connectivity index (χ1) is 11.6. The van der Waals surface area contributed by atoms with E-state index in [1.807, 2.05) is 29.5 Å². The van der Waals surface area contributed by atoms with Crippen molar-refractivity contribution in [1.82, 2.24) is 4.90 Å². The zero-order chi connectivity index (χ0) is 16.7. The maximum atomic E-state index is 6.20. The summed E-state index contributed by atoms with van der Waals surface area (Å²) in [6.07, 6.45) is 2.18. The van der Waals surface area contributed by atoms with Gasteiger partial charge in [0, 0.05) is 33.9 Å². The van der Waals surface area contributed by atoms with Gasteiger partial charge in [-0.25, -0.2) is 0 Å². The molecule has 0 atom stereocenters. The number of rotatable bonds is 3. The second-order valence-corrected chi connectivity index (χ2v) is 8.12. The molecule has 0 unspecified atom stereocenters. The number of thiophene rings is 1. The molecule has 2 heterocycles. The van der Waals surface area contributed by atoms with Crippen LogP contribution in [0.1, 0.15) is 16.0 Å². The second kappa shape index (κ2) is 6.43. The van der Waals surface area contributed by atoms with Gasteiger partial charge in [-0.1, -0.05) is 23.7 Å². The Morgan fingerprint density at radius 2 is 2.00 bits per heavy atom. The molecule has 1 aromatic heterocycles. The summed E-state index contributed by atoms with van der Waals surface area (Å²) < 4.78 is 7.64. The van der Waals surface area contributed by atoms with Crippen LogP contribution < -0.4 is 4.74 Å². The lowest BCUT2D eigenvalue weighted by Gasteiger charge is -2.25. The molecule has 0 saturated carbocycles. The van der Waals surface area contributed by atoms with E-state index in [1.165, 1.54) is 26.1 Å². The van der Waals surface area contributed by atoms with Crippen LogP contribution in [0, 0.1) is 0 Å². The number of hydrogen-bond acceptors (Lipinski definition) is 3. The number of hydrogen-bond donors (Lipinski definition) is 0. The summed E-state index contributed by atoms with van der Waals surface area (Å²) >= 11 is 11.8. The first-order valence-electron chi connectivity index (χ1n) is 7.59. The molecule has 5 heteroatoms. The van der Waals surface area contributed by atoms with Crippen LogP contribution in [0.3, 0.4) is 0 Å². The summed E-state index contributed by atoms with van der Waals surface area (Å²) in [4.78, 5) is 3.62. The Morgan fingerprint density at radius 1 is 1.21 bits per heavy atom. The minimum Gasteiger partial charge on any atom is -0.497 e. The van der Waals surface area contributed by atoms with Crippen molar-refractivity contribution in [1.29, 1.82) is 0 Å². The molecule has 4 rings (SSSR count). The monoisotopic (exact) mass is 419 g/mol. The van der Waals surface area contributed by atoms with Crippen LogP contribution in [-0.2, 0) is 13.1 Å². The van der Waals surface area contributed by atoms with Gasteiger partial charge in [0.25, 0.3) is 0 Å². The van der Waals surface area contributed by atoms with Crippen molar-refractivity contribution in [3.63, 3.8) is 0 Å². The summed E-state index contributed by atoms with van der Waals surface area (Å²) in [7, 11) is 1.69. The fourth-order valence-electron chi connectivity index (χ4n) is 3.01. The minimum atomic E-state index is 0.787. The maximum Gasteiger partial charge on any atom is 0.118 e. The Balaban J connectivity index is 1.65. The molecule has 3 aromatic rings. The molecule has 2 aromatic carbocycles. The van der Waals surface area contributed by atoms with E-state index >= 15 is 0 Å². The Kier molecular flexibility index (Phi) is 4.29. The molecule has 1 aliphatic rings. The van der Waals surface area contributed by atoms with Crippen molar-refractivity contribution in [2.75, 3.05) is 7.11 Å². The van der Waals surface area contributed by atoms with Crippen LogP contribution in [0.25, 0.3) is 14.6 Å². The second-order valence-electron chi connectivity index (χ2n) is 5.78. The minimum absolute atomic E-state index is 0.787. The highest BCUT2D eigenvalue weighted by Crippen LogP contribution is 2.42. The van der Waals surface area contributed by atoms with E-state index in [0.29, 0.717) is 0 Å². The van der Waals surface area contributed by atoms with E-state index in [2.05, 4.69) is 51.3 Å². The Bertz CT molecular complexity index is 932. The maximum absolute atomic E-state index is 6.20. The Morgan fingerprint density at radius 3 is 2.75 bits per heavy atom. The molecule has 1 aliphatic heterocycles. The Labute approximate surface area is 158 Å². The van der Waals surface area contributed by atoms with E-state index in [4.69, 9.17) is 16.3 Å². The van der Waals surface area contributed by atoms with Crippen molar-refractivity contribution in [3.05, 3.63) is 69.7 Å². The van der Waals surface area contributed by atoms with Crippen LogP contribution in [0.2, 0.25) is 5.02 Å². The first-order valence-corrected chi connectivity index (χ1v) is 9.58. The smallest absolute Gasteiger partial charge is 0.118 e. The highest BCUT2D eigenvalue weighted by molar-refractivity contribution is 9.15. The van der Waals surface area contributed by atoms with Crippen LogP contribution in [0.5, 0.6) is 5.75 Å². The topological polar surface area (TPSA) is 12.5 Å². The van der Waals surface area contributed by atoms with Gasteiger partial charge in [0.05, 0.1) is 11.6 Å². The van der Waals surface area contributed by atoms with Crippen LogP contribution in [0.4, 0.5) is 0 Å². The molecule has 2 nitrogen and oxygen atoms in total. The molecule has 0 radical (unpaired) electrons. The van der Waals surface area contributed by atoms with Crippen molar-refractivity contribution in [2.45, 2.75) is 13.1 Å². The molecule has 122 valence electrons. The molecule has 0 aliphatic carbocycles. The van der Waals surface area contributed by atoms with E-state index < -0.39 is 0 Å². The van der Waals surface area contributed by atoms with Gasteiger partial charge >= 0.3 is 0 Å². The lowest BCUT2D eigenvalue weighted by molar-refractivity contribution is 0.361. The van der Waals surface area contributed by atoms with Gasteiger partial charge in [0.2, 0.25) is 0 Å². The predicted molar refractivity (Wildman–Crippen MR) is 106 cm³/mol. The number of benzene rings is 2. The standard InChI is InChI=1S/C19H15BrClNOS/c1-23-14-5-2-12(3-6-14)9-22-10-16-15-8-13(21)4-7-18(15)24-19(16)17(20)11-22/h2-8,11H,9-10H2,1H3. The highest BCUT2D eigenvalue weighted by atomic mass is 79.9. The quantitative estimate of drug-likeness (QED) is 0.495. The largest absolute Gasteiger partial charge is 0.497 e. The third-order valence-corrected chi connectivity index (χ3v) is 6.52. The van der Waals surface area contributed by atoms with Gasteiger partial charge in [0.1, 0.15) is 5.75 Å². The summed E-state index contributed by atoms with van der Waals surface area (Å²) in [5, 5.41) is 2.04. The van der Waals surface area contributed by atoms with Gasteiger partial charge in [-0.2, -0.15) is 0 Å². The summed E-state index contributed by atoms with van der Waals surface area (Å²) in [6.45, 7) is 1.74. The third-order valence-electron chi connectivity index (χ3n) is 4.17. The fourth-order valence-corrected chi connectivity index (χ4v) is 5.05. The van der Waals surface area contributed by atoms with Gasteiger partial charge < -0.3 is 9.64 Å². The van der Waals surface area contributed by atoms with Crippen molar-refractivity contribution < 1.29 is 4.74 Å².